The van der Waals surface area contributed by atoms with Crippen LogP contribution in [-0.2, 0) is 21.2 Å². The second-order valence-corrected chi connectivity index (χ2v) is 28.8. The van der Waals surface area contributed by atoms with Crippen molar-refractivity contribution in [1.29, 1.82) is 0 Å². The van der Waals surface area contributed by atoms with Crippen molar-refractivity contribution in [2.24, 2.45) is 17.8 Å². The number of benzene rings is 4. The summed E-state index contributed by atoms with van der Waals surface area (Å²) in [4.78, 5) is 0. The fourth-order valence-corrected chi connectivity index (χ4v) is 33.7. The number of rotatable bonds is 7. The molecular formula is C43H49FNSiZr. The van der Waals surface area contributed by atoms with Crippen LogP contribution < -0.4 is 13.6 Å². The summed E-state index contributed by atoms with van der Waals surface area (Å²) >= 11 is -2.49. The average Bonchev–Trinajstić information content (AvgIpc) is 3.27. The van der Waals surface area contributed by atoms with Gasteiger partial charge in [-0.05, 0) is 11.1 Å². The zero-order valence-corrected chi connectivity index (χ0v) is 32.1. The Labute approximate surface area is 291 Å². The van der Waals surface area contributed by atoms with Gasteiger partial charge in [0.15, 0.2) is 0 Å². The molecule has 0 spiro atoms. The molecule has 9 rings (SSSR count). The van der Waals surface area contributed by atoms with Gasteiger partial charge >= 0.3 is 221 Å². The SMILES string of the molecule is CC1=C(C)C(C)[C]([Zr]([NH]C23CC4CC(CC(F)(C4)C2)C3)[SiH](c2ccccc2)c2ccccc2)=C1C.c1ccc(-c2ccccc2)cc1. The Morgan fingerprint density at radius 3 is 1.49 bits per heavy atom. The van der Waals surface area contributed by atoms with Crippen molar-refractivity contribution in [1.82, 2.24) is 3.26 Å². The molecular weight excluding hydrogens is 669 g/mol. The van der Waals surface area contributed by atoms with Crippen LogP contribution in [0.2, 0.25) is 0 Å². The Morgan fingerprint density at radius 2 is 1.09 bits per heavy atom. The van der Waals surface area contributed by atoms with Gasteiger partial charge in [-0.2, -0.15) is 0 Å². The van der Waals surface area contributed by atoms with Crippen LogP contribution in [0.15, 0.2) is 141 Å². The first kappa shape index (κ1) is 32.9. The van der Waals surface area contributed by atoms with Crippen molar-refractivity contribution in [3.8, 4) is 11.1 Å². The number of halogens is 1. The van der Waals surface area contributed by atoms with E-state index in [1.165, 1.54) is 36.0 Å². The summed E-state index contributed by atoms with van der Waals surface area (Å²) < 4.78 is 22.4. The second kappa shape index (κ2) is 13.7. The summed E-state index contributed by atoms with van der Waals surface area (Å²) in [7, 11) is 0. The van der Waals surface area contributed by atoms with E-state index in [1.807, 2.05) is 12.1 Å². The Hall–Kier alpha value is -2.65. The minimum Gasteiger partial charge on any atom is -0.0622 e. The molecule has 4 heteroatoms. The third-order valence-corrected chi connectivity index (χ3v) is 31.7. The summed E-state index contributed by atoms with van der Waals surface area (Å²) in [6, 6.07) is 43.6. The van der Waals surface area contributed by atoms with Gasteiger partial charge < -0.3 is 0 Å². The fourth-order valence-electron chi connectivity index (χ4n) is 9.75. The largest absolute Gasteiger partial charge is 0.0622 e. The molecule has 1 N–H and O–H groups in total. The number of hydrogen-bond donors (Lipinski definition) is 1. The molecule has 3 unspecified atom stereocenters. The molecule has 5 aliphatic rings. The standard InChI is InChI=1S/C12H11Si.C12H10.C10H15FN.C9H13.Zr/c1-3-7-11(8-4-1)13-12-9-5-2-6-10-12;1-3-7-11(8-4-1)12-9-5-2-6-10-12;11-9-2-7-1-8(3-9)5-10(12,4-7)6-9;1-6-5-7(2)9(4)8(6)3;/h1-10,13H;1-10H;7-8,12H,1-6H2;6H,1-4H3;/q;;-1;;+1. The molecule has 0 aromatic heterocycles. The number of alkyl halides is 1. The molecule has 0 amide bonds. The maximum absolute atomic E-state index is 16.1. The maximum Gasteiger partial charge on any atom is -0.0184 e. The summed E-state index contributed by atoms with van der Waals surface area (Å²) in [5.41, 5.74) is 6.28. The van der Waals surface area contributed by atoms with Gasteiger partial charge in [-0.1, -0.05) is 60.7 Å². The van der Waals surface area contributed by atoms with Gasteiger partial charge in [0.05, 0.1) is 0 Å². The van der Waals surface area contributed by atoms with Crippen LogP contribution in [0, 0.1) is 17.8 Å². The number of hydrogen-bond acceptors (Lipinski definition) is 1. The van der Waals surface area contributed by atoms with Crippen LogP contribution in [0.4, 0.5) is 4.39 Å². The van der Waals surface area contributed by atoms with E-state index in [0.717, 1.165) is 19.3 Å². The summed E-state index contributed by atoms with van der Waals surface area (Å²) in [6.07, 6.45) is 6.08. The molecule has 4 aromatic carbocycles. The van der Waals surface area contributed by atoms with Crippen LogP contribution >= 0.6 is 0 Å². The van der Waals surface area contributed by atoms with E-state index >= 15 is 4.39 Å². The van der Waals surface area contributed by atoms with E-state index in [1.54, 1.807) is 24.8 Å². The molecule has 1 nitrogen and oxygen atoms in total. The smallest absolute Gasteiger partial charge is 0.0184 e. The van der Waals surface area contributed by atoms with E-state index in [9.17, 15) is 0 Å². The van der Waals surface area contributed by atoms with Crippen molar-refractivity contribution in [2.45, 2.75) is 77.4 Å². The van der Waals surface area contributed by atoms with Crippen LogP contribution in [0.5, 0.6) is 0 Å². The van der Waals surface area contributed by atoms with Crippen LogP contribution in [0.1, 0.15) is 66.2 Å². The van der Waals surface area contributed by atoms with Crippen LogP contribution in [0.3, 0.4) is 0 Å². The maximum atomic E-state index is 16.1. The van der Waals surface area contributed by atoms with Crippen molar-refractivity contribution in [3.63, 3.8) is 0 Å². The van der Waals surface area contributed by atoms with E-state index in [-0.39, 0.29) is 5.54 Å². The molecule has 47 heavy (non-hydrogen) atoms. The molecule has 5 aliphatic carbocycles. The third-order valence-electron chi connectivity index (χ3n) is 11.8. The first-order valence-electron chi connectivity index (χ1n) is 17.7. The van der Waals surface area contributed by atoms with Crippen molar-refractivity contribution < 1.29 is 25.6 Å². The van der Waals surface area contributed by atoms with Gasteiger partial charge in [0.2, 0.25) is 0 Å². The molecule has 0 saturated heterocycles. The predicted octanol–water partition coefficient (Wildman–Crippen LogP) is 9.32. The summed E-state index contributed by atoms with van der Waals surface area (Å²) in [5.74, 6) is 0.172. The number of allylic oxidation sites excluding steroid dienone is 4. The van der Waals surface area contributed by atoms with Crippen molar-refractivity contribution in [2.75, 3.05) is 0 Å². The molecule has 0 heterocycles. The van der Waals surface area contributed by atoms with Gasteiger partial charge in [-0.3, -0.25) is 0 Å². The first-order valence-corrected chi connectivity index (χ1v) is 26.1. The van der Waals surface area contributed by atoms with Gasteiger partial charge in [-0.15, -0.1) is 0 Å². The molecule has 3 atom stereocenters. The summed E-state index contributed by atoms with van der Waals surface area (Å²) in [6.45, 7) is 9.51. The minimum absolute atomic E-state index is 0.0276. The third kappa shape index (κ3) is 6.81. The topological polar surface area (TPSA) is 12.0 Å². The predicted molar refractivity (Wildman–Crippen MR) is 196 cm³/mol. The van der Waals surface area contributed by atoms with E-state index in [0.29, 0.717) is 17.8 Å². The Morgan fingerprint density at radius 1 is 0.638 bits per heavy atom. The molecule has 0 aliphatic heterocycles. The number of nitrogens with one attached hydrogen (secondary N) is 1. The first-order chi connectivity index (χ1) is 22.7. The zero-order chi connectivity index (χ0) is 32.6. The zero-order valence-electron chi connectivity index (χ0n) is 28.5. The van der Waals surface area contributed by atoms with Gasteiger partial charge in [0.25, 0.3) is 0 Å². The molecule has 241 valence electrons. The van der Waals surface area contributed by atoms with Gasteiger partial charge in [0, 0.05) is 0 Å². The quantitative estimate of drug-likeness (QED) is 0.188. The second-order valence-electron chi connectivity index (χ2n) is 15.0. The molecule has 4 bridgehead atoms. The Balaban J connectivity index is 0.000000245. The average molecular weight is 718 g/mol. The van der Waals surface area contributed by atoms with E-state index in [2.05, 4.69) is 140 Å². The Bertz CT molecular complexity index is 1650. The van der Waals surface area contributed by atoms with Gasteiger partial charge in [0.1, 0.15) is 0 Å². The van der Waals surface area contributed by atoms with Crippen molar-refractivity contribution >= 4 is 16.3 Å². The molecule has 4 saturated carbocycles. The molecule has 4 aromatic rings. The summed E-state index contributed by atoms with van der Waals surface area (Å²) in [5, 5.41) is 3.13. The minimum atomic E-state index is -2.49. The normalized spacial score (nSPS) is 27.7. The molecule has 0 radical (unpaired) electrons. The van der Waals surface area contributed by atoms with E-state index < -0.39 is 32.8 Å². The van der Waals surface area contributed by atoms with Gasteiger partial charge in [-0.25, -0.2) is 0 Å². The monoisotopic (exact) mass is 716 g/mol. The van der Waals surface area contributed by atoms with Crippen LogP contribution in [0.25, 0.3) is 11.1 Å². The fraction of sp³-hybridized carbons (Fsp3) is 0.349. The van der Waals surface area contributed by atoms with Crippen molar-refractivity contribution in [3.05, 3.63) is 141 Å². The molecule has 4 fully saturated rings. The Kier molecular flexibility index (Phi) is 9.58. The van der Waals surface area contributed by atoms with E-state index in [4.69, 9.17) is 0 Å². The van der Waals surface area contributed by atoms with Crippen LogP contribution in [-0.4, -0.2) is 17.1 Å².